The summed E-state index contributed by atoms with van der Waals surface area (Å²) in [5, 5.41) is 4.12. The van der Waals surface area contributed by atoms with E-state index >= 15 is 0 Å². The Morgan fingerprint density at radius 1 is 1.26 bits per heavy atom. The smallest absolute Gasteiger partial charge is 0.261 e. The van der Waals surface area contributed by atoms with Crippen LogP contribution in [0, 0.1) is 0 Å². The second-order valence-corrected chi connectivity index (χ2v) is 5.36. The highest BCUT2D eigenvalue weighted by atomic mass is 16.2. The molecule has 0 unspecified atom stereocenters. The molecule has 5 heteroatoms. The zero-order chi connectivity index (χ0) is 16.2. The van der Waals surface area contributed by atoms with Crippen molar-refractivity contribution < 1.29 is 9.59 Å². The van der Waals surface area contributed by atoms with Gasteiger partial charge in [0.05, 0.1) is 6.20 Å². The SMILES string of the molecule is Cn1cc(/C=C(\C(=O)N2CCC=CC2=O)c2ccccc2)cn1. The minimum Gasteiger partial charge on any atom is -0.275 e. The molecule has 1 aromatic carbocycles. The second-order valence-electron chi connectivity index (χ2n) is 5.36. The van der Waals surface area contributed by atoms with Gasteiger partial charge in [-0.1, -0.05) is 36.4 Å². The van der Waals surface area contributed by atoms with Crippen molar-refractivity contribution in [2.24, 2.45) is 7.05 Å². The van der Waals surface area contributed by atoms with Gasteiger partial charge in [0.15, 0.2) is 0 Å². The van der Waals surface area contributed by atoms with Gasteiger partial charge in [0, 0.05) is 30.9 Å². The van der Waals surface area contributed by atoms with E-state index in [1.165, 1.54) is 11.0 Å². The molecular formula is C18H17N3O2. The molecule has 0 spiro atoms. The first kappa shape index (κ1) is 15.0. The quantitative estimate of drug-likeness (QED) is 0.817. The van der Waals surface area contributed by atoms with Gasteiger partial charge in [-0.15, -0.1) is 0 Å². The lowest BCUT2D eigenvalue weighted by Gasteiger charge is -2.23. The van der Waals surface area contributed by atoms with Crippen molar-refractivity contribution in [3.63, 3.8) is 0 Å². The Balaban J connectivity index is 2.01. The summed E-state index contributed by atoms with van der Waals surface area (Å²) in [6.07, 6.45) is 9.22. The predicted molar refractivity (Wildman–Crippen MR) is 88.0 cm³/mol. The molecule has 23 heavy (non-hydrogen) atoms. The van der Waals surface area contributed by atoms with E-state index in [-0.39, 0.29) is 11.8 Å². The summed E-state index contributed by atoms with van der Waals surface area (Å²) >= 11 is 0. The highest BCUT2D eigenvalue weighted by Gasteiger charge is 2.25. The first-order valence-electron chi connectivity index (χ1n) is 7.43. The number of aromatic nitrogens is 2. The van der Waals surface area contributed by atoms with Crippen LogP contribution in [-0.2, 0) is 16.6 Å². The zero-order valence-electron chi connectivity index (χ0n) is 12.8. The van der Waals surface area contributed by atoms with E-state index in [1.54, 1.807) is 23.0 Å². The Morgan fingerprint density at radius 3 is 2.70 bits per heavy atom. The fourth-order valence-electron chi connectivity index (χ4n) is 2.50. The van der Waals surface area contributed by atoms with E-state index in [1.807, 2.05) is 43.6 Å². The van der Waals surface area contributed by atoms with Crippen LogP contribution in [-0.4, -0.2) is 33.0 Å². The molecule has 116 valence electrons. The Labute approximate surface area is 134 Å². The fourth-order valence-corrected chi connectivity index (χ4v) is 2.50. The van der Waals surface area contributed by atoms with Crippen molar-refractivity contribution in [3.8, 4) is 0 Å². The van der Waals surface area contributed by atoms with Crippen LogP contribution in [0.25, 0.3) is 11.6 Å². The van der Waals surface area contributed by atoms with Crippen LogP contribution in [0.5, 0.6) is 0 Å². The molecule has 2 aromatic rings. The maximum Gasteiger partial charge on any atom is 0.261 e. The lowest BCUT2D eigenvalue weighted by molar-refractivity contribution is -0.138. The maximum atomic E-state index is 12.9. The van der Waals surface area contributed by atoms with Crippen LogP contribution in [0.4, 0.5) is 0 Å². The standard InChI is InChI=1S/C18H17N3O2/c1-20-13-14(12-19-20)11-16(15-7-3-2-4-8-15)18(23)21-10-6-5-9-17(21)22/h2-5,7-9,11-13H,6,10H2,1H3/b16-11-. The lowest BCUT2D eigenvalue weighted by Crippen LogP contribution is -2.38. The molecule has 1 aromatic heterocycles. The molecule has 2 heterocycles. The Hall–Kier alpha value is -2.95. The van der Waals surface area contributed by atoms with E-state index in [2.05, 4.69) is 5.10 Å². The van der Waals surface area contributed by atoms with E-state index in [0.29, 0.717) is 18.5 Å². The van der Waals surface area contributed by atoms with Crippen LogP contribution >= 0.6 is 0 Å². The normalized spacial score (nSPS) is 15.1. The van der Waals surface area contributed by atoms with Gasteiger partial charge in [0.2, 0.25) is 0 Å². The maximum absolute atomic E-state index is 12.9. The molecule has 0 N–H and O–H groups in total. The van der Waals surface area contributed by atoms with Crippen molar-refractivity contribution in [1.82, 2.24) is 14.7 Å². The van der Waals surface area contributed by atoms with Crippen LogP contribution in [0.2, 0.25) is 0 Å². The molecule has 1 aliphatic heterocycles. The van der Waals surface area contributed by atoms with Gasteiger partial charge < -0.3 is 0 Å². The number of carbonyl (C=O) groups excluding carboxylic acids is 2. The van der Waals surface area contributed by atoms with Crippen molar-refractivity contribution in [2.75, 3.05) is 6.54 Å². The Morgan fingerprint density at radius 2 is 2.04 bits per heavy atom. The summed E-state index contributed by atoms with van der Waals surface area (Å²) in [7, 11) is 1.82. The largest absolute Gasteiger partial charge is 0.275 e. The summed E-state index contributed by atoms with van der Waals surface area (Å²) in [6, 6.07) is 9.37. The average molecular weight is 307 g/mol. The topological polar surface area (TPSA) is 55.2 Å². The number of rotatable bonds is 3. The summed E-state index contributed by atoms with van der Waals surface area (Å²) < 4.78 is 1.67. The summed E-state index contributed by atoms with van der Waals surface area (Å²) in [4.78, 5) is 26.2. The van der Waals surface area contributed by atoms with Crippen molar-refractivity contribution in [1.29, 1.82) is 0 Å². The zero-order valence-corrected chi connectivity index (χ0v) is 12.8. The molecule has 3 rings (SSSR count). The molecule has 0 saturated heterocycles. The van der Waals surface area contributed by atoms with Gasteiger partial charge in [-0.2, -0.15) is 5.10 Å². The molecule has 0 atom stereocenters. The monoisotopic (exact) mass is 307 g/mol. The fraction of sp³-hybridized carbons (Fsp3) is 0.167. The van der Waals surface area contributed by atoms with Crippen LogP contribution in [0.1, 0.15) is 17.5 Å². The van der Waals surface area contributed by atoms with E-state index < -0.39 is 0 Å². The average Bonchev–Trinajstić information content (AvgIpc) is 2.98. The minimum atomic E-state index is -0.283. The van der Waals surface area contributed by atoms with E-state index in [4.69, 9.17) is 0 Å². The number of benzene rings is 1. The molecular weight excluding hydrogens is 290 g/mol. The van der Waals surface area contributed by atoms with Gasteiger partial charge in [-0.25, -0.2) is 0 Å². The second kappa shape index (κ2) is 6.44. The number of amides is 2. The van der Waals surface area contributed by atoms with Gasteiger partial charge in [-0.05, 0) is 24.1 Å². The van der Waals surface area contributed by atoms with Gasteiger partial charge in [0.1, 0.15) is 0 Å². The van der Waals surface area contributed by atoms with Crippen LogP contribution in [0.3, 0.4) is 0 Å². The molecule has 2 amide bonds. The Kier molecular flexibility index (Phi) is 4.19. The number of hydrogen-bond donors (Lipinski definition) is 0. The number of nitrogens with zero attached hydrogens (tertiary/aromatic N) is 3. The van der Waals surface area contributed by atoms with E-state index in [9.17, 15) is 9.59 Å². The molecule has 1 aliphatic rings. The number of hydrogen-bond acceptors (Lipinski definition) is 3. The minimum absolute atomic E-state index is 0.269. The van der Waals surface area contributed by atoms with Gasteiger partial charge >= 0.3 is 0 Å². The lowest BCUT2D eigenvalue weighted by atomic mass is 10.0. The van der Waals surface area contributed by atoms with Crippen molar-refractivity contribution >= 4 is 23.5 Å². The van der Waals surface area contributed by atoms with Crippen LogP contribution < -0.4 is 0 Å². The molecule has 5 nitrogen and oxygen atoms in total. The third-order valence-electron chi connectivity index (χ3n) is 3.64. The first-order valence-corrected chi connectivity index (χ1v) is 7.43. The number of aryl methyl sites for hydroxylation is 1. The molecule has 0 saturated carbocycles. The number of carbonyl (C=O) groups is 2. The summed E-state index contributed by atoms with van der Waals surface area (Å²) in [5.74, 6) is -0.552. The van der Waals surface area contributed by atoms with Crippen molar-refractivity contribution in [3.05, 3.63) is 66.0 Å². The Bertz CT molecular complexity index is 788. The number of imide groups is 1. The van der Waals surface area contributed by atoms with Gasteiger partial charge in [0.25, 0.3) is 11.8 Å². The van der Waals surface area contributed by atoms with E-state index in [0.717, 1.165) is 11.1 Å². The van der Waals surface area contributed by atoms with Crippen LogP contribution in [0.15, 0.2) is 54.9 Å². The molecule has 0 bridgehead atoms. The third-order valence-corrected chi connectivity index (χ3v) is 3.64. The first-order chi connectivity index (χ1) is 11.1. The molecule has 0 radical (unpaired) electrons. The third kappa shape index (κ3) is 3.29. The van der Waals surface area contributed by atoms with Gasteiger partial charge in [-0.3, -0.25) is 19.2 Å². The highest BCUT2D eigenvalue weighted by molar-refractivity contribution is 6.28. The van der Waals surface area contributed by atoms with Crippen molar-refractivity contribution in [2.45, 2.75) is 6.42 Å². The predicted octanol–water partition coefficient (Wildman–Crippen LogP) is 2.28. The molecule has 0 fully saturated rings. The molecule has 0 aliphatic carbocycles. The summed E-state index contributed by atoms with van der Waals surface area (Å²) in [5.41, 5.74) is 2.09. The summed E-state index contributed by atoms with van der Waals surface area (Å²) in [6.45, 7) is 0.408. The highest BCUT2D eigenvalue weighted by Crippen LogP contribution is 2.22.